The SMILES string of the molecule is Cc1ccc(-n2nc(C)c(I)c2N)nn1. The van der Waals surface area contributed by atoms with Gasteiger partial charge in [-0.15, -0.1) is 5.10 Å². The zero-order valence-corrected chi connectivity index (χ0v) is 10.6. The molecule has 0 aliphatic rings. The van der Waals surface area contributed by atoms with Crippen LogP contribution in [-0.4, -0.2) is 20.0 Å². The third kappa shape index (κ3) is 1.81. The van der Waals surface area contributed by atoms with Crippen LogP contribution in [0.4, 0.5) is 5.82 Å². The molecule has 2 aromatic heterocycles. The second-order valence-corrected chi connectivity index (χ2v) is 4.31. The Bertz CT molecular complexity index is 488. The van der Waals surface area contributed by atoms with E-state index in [-0.39, 0.29) is 0 Å². The largest absolute Gasteiger partial charge is 0.383 e. The molecule has 78 valence electrons. The molecule has 2 N–H and O–H groups in total. The Morgan fingerprint density at radius 2 is 2.00 bits per heavy atom. The first kappa shape index (κ1) is 10.3. The molecule has 0 aromatic carbocycles. The Morgan fingerprint density at radius 3 is 2.47 bits per heavy atom. The number of anilines is 1. The summed E-state index contributed by atoms with van der Waals surface area (Å²) in [6, 6.07) is 3.73. The van der Waals surface area contributed by atoms with Gasteiger partial charge in [0.1, 0.15) is 5.82 Å². The van der Waals surface area contributed by atoms with Crippen LogP contribution in [0.3, 0.4) is 0 Å². The van der Waals surface area contributed by atoms with Crippen molar-refractivity contribution in [1.82, 2.24) is 20.0 Å². The van der Waals surface area contributed by atoms with Crippen LogP contribution in [0.25, 0.3) is 5.82 Å². The van der Waals surface area contributed by atoms with E-state index >= 15 is 0 Å². The summed E-state index contributed by atoms with van der Waals surface area (Å²) in [7, 11) is 0. The average Bonchev–Trinajstić information content (AvgIpc) is 2.47. The van der Waals surface area contributed by atoms with Crippen molar-refractivity contribution in [3.05, 3.63) is 27.1 Å². The van der Waals surface area contributed by atoms with Gasteiger partial charge in [0, 0.05) is 0 Å². The molecule has 5 nitrogen and oxygen atoms in total. The molecule has 0 aliphatic heterocycles. The number of aryl methyl sites for hydroxylation is 2. The van der Waals surface area contributed by atoms with Crippen molar-refractivity contribution in [3.8, 4) is 5.82 Å². The second-order valence-electron chi connectivity index (χ2n) is 3.23. The Kier molecular flexibility index (Phi) is 2.59. The highest BCUT2D eigenvalue weighted by Gasteiger charge is 2.11. The molecular formula is C9H10IN5. The molecule has 0 amide bonds. The highest BCUT2D eigenvalue weighted by molar-refractivity contribution is 14.1. The summed E-state index contributed by atoms with van der Waals surface area (Å²) in [4.78, 5) is 0. The fourth-order valence-electron chi connectivity index (χ4n) is 1.21. The molecule has 0 atom stereocenters. The van der Waals surface area contributed by atoms with E-state index in [1.807, 2.05) is 26.0 Å². The lowest BCUT2D eigenvalue weighted by atomic mass is 10.4. The Balaban J connectivity index is 2.54. The smallest absolute Gasteiger partial charge is 0.178 e. The maximum atomic E-state index is 5.90. The molecule has 0 bridgehead atoms. The quantitative estimate of drug-likeness (QED) is 0.809. The third-order valence-corrected chi connectivity index (χ3v) is 3.35. The molecule has 0 unspecified atom stereocenters. The topological polar surface area (TPSA) is 69.6 Å². The van der Waals surface area contributed by atoms with Crippen molar-refractivity contribution in [2.45, 2.75) is 13.8 Å². The molecule has 0 saturated carbocycles. The maximum absolute atomic E-state index is 5.90. The fraction of sp³-hybridized carbons (Fsp3) is 0.222. The van der Waals surface area contributed by atoms with Gasteiger partial charge in [-0.1, -0.05) is 0 Å². The van der Waals surface area contributed by atoms with Gasteiger partial charge < -0.3 is 5.73 Å². The first-order valence-corrected chi connectivity index (χ1v) is 5.49. The first-order valence-electron chi connectivity index (χ1n) is 4.41. The summed E-state index contributed by atoms with van der Waals surface area (Å²) in [6.45, 7) is 3.80. The van der Waals surface area contributed by atoms with E-state index in [4.69, 9.17) is 5.73 Å². The molecule has 2 aromatic rings. The summed E-state index contributed by atoms with van der Waals surface area (Å²) in [5.74, 6) is 1.25. The third-order valence-electron chi connectivity index (χ3n) is 2.02. The predicted octanol–water partition coefficient (Wildman–Crippen LogP) is 1.47. The molecule has 2 rings (SSSR count). The minimum absolute atomic E-state index is 0.603. The standard InChI is InChI=1S/C9H10IN5/c1-5-3-4-7(13-12-5)15-9(11)8(10)6(2)14-15/h3-4H,11H2,1-2H3. The van der Waals surface area contributed by atoms with E-state index in [1.165, 1.54) is 0 Å². The molecule has 15 heavy (non-hydrogen) atoms. The lowest BCUT2D eigenvalue weighted by Gasteiger charge is -2.01. The van der Waals surface area contributed by atoms with Crippen molar-refractivity contribution < 1.29 is 0 Å². The van der Waals surface area contributed by atoms with Gasteiger partial charge in [-0.05, 0) is 48.6 Å². The lowest BCUT2D eigenvalue weighted by Crippen LogP contribution is -2.05. The number of hydrogen-bond acceptors (Lipinski definition) is 4. The fourth-order valence-corrected chi connectivity index (χ4v) is 1.54. The number of nitrogen functional groups attached to an aromatic ring is 1. The van der Waals surface area contributed by atoms with Gasteiger partial charge in [-0.3, -0.25) is 0 Å². The Hall–Kier alpha value is -1.18. The zero-order chi connectivity index (χ0) is 11.0. The molecule has 0 fully saturated rings. The van der Waals surface area contributed by atoms with E-state index in [0.717, 1.165) is 15.0 Å². The van der Waals surface area contributed by atoms with Gasteiger partial charge >= 0.3 is 0 Å². The number of nitrogens with two attached hydrogens (primary N) is 1. The van der Waals surface area contributed by atoms with Crippen molar-refractivity contribution in [3.63, 3.8) is 0 Å². The van der Waals surface area contributed by atoms with Crippen LogP contribution in [0.1, 0.15) is 11.4 Å². The summed E-state index contributed by atoms with van der Waals surface area (Å²) in [5, 5.41) is 12.3. The minimum Gasteiger partial charge on any atom is -0.383 e. The number of hydrogen-bond donors (Lipinski definition) is 1. The van der Waals surface area contributed by atoms with Gasteiger partial charge in [0.15, 0.2) is 5.82 Å². The minimum atomic E-state index is 0.603. The maximum Gasteiger partial charge on any atom is 0.178 e. The highest BCUT2D eigenvalue weighted by atomic mass is 127. The van der Waals surface area contributed by atoms with E-state index < -0.39 is 0 Å². The van der Waals surface area contributed by atoms with E-state index in [1.54, 1.807) is 4.68 Å². The Morgan fingerprint density at radius 1 is 1.27 bits per heavy atom. The summed E-state index contributed by atoms with van der Waals surface area (Å²) >= 11 is 2.17. The molecular weight excluding hydrogens is 305 g/mol. The summed E-state index contributed by atoms with van der Waals surface area (Å²) < 4.78 is 2.55. The van der Waals surface area contributed by atoms with Crippen LogP contribution in [0.2, 0.25) is 0 Å². The number of halogens is 1. The number of rotatable bonds is 1. The molecule has 2 heterocycles. The van der Waals surface area contributed by atoms with Crippen molar-refractivity contribution in [2.24, 2.45) is 0 Å². The molecule has 0 aliphatic carbocycles. The number of aromatic nitrogens is 4. The second kappa shape index (κ2) is 3.76. The predicted molar refractivity (Wildman–Crippen MR) is 65.8 cm³/mol. The average molecular weight is 315 g/mol. The summed E-state index contributed by atoms with van der Waals surface area (Å²) in [5.41, 5.74) is 7.67. The van der Waals surface area contributed by atoms with Crippen LogP contribution >= 0.6 is 22.6 Å². The van der Waals surface area contributed by atoms with Gasteiger partial charge in [-0.25, -0.2) is 0 Å². The molecule has 0 spiro atoms. The molecule has 6 heteroatoms. The molecule has 0 radical (unpaired) electrons. The van der Waals surface area contributed by atoms with Crippen LogP contribution in [-0.2, 0) is 0 Å². The van der Waals surface area contributed by atoms with Crippen molar-refractivity contribution >= 4 is 28.4 Å². The van der Waals surface area contributed by atoms with E-state index in [9.17, 15) is 0 Å². The zero-order valence-electron chi connectivity index (χ0n) is 8.40. The van der Waals surface area contributed by atoms with Crippen LogP contribution in [0, 0.1) is 17.4 Å². The highest BCUT2D eigenvalue weighted by Crippen LogP contribution is 2.20. The van der Waals surface area contributed by atoms with Crippen LogP contribution < -0.4 is 5.73 Å². The normalized spacial score (nSPS) is 10.6. The van der Waals surface area contributed by atoms with Gasteiger partial charge in [0.05, 0.1) is 15.0 Å². The van der Waals surface area contributed by atoms with Crippen molar-refractivity contribution in [2.75, 3.05) is 5.73 Å². The molecule has 0 saturated heterocycles. The van der Waals surface area contributed by atoms with Crippen LogP contribution in [0.15, 0.2) is 12.1 Å². The first-order chi connectivity index (χ1) is 7.09. The monoisotopic (exact) mass is 315 g/mol. The van der Waals surface area contributed by atoms with Gasteiger partial charge in [-0.2, -0.15) is 14.9 Å². The van der Waals surface area contributed by atoms with Gasteiger partial charge in [0.25, 0.3) is 0 Å². The van der Waals surface area contributed by atoms with Crippen molar-refractivity contribution in [1.29, 1.82) is 0 Å². The van der Waals surface area contributed by atoms with E-state index in [2.05, 4.69) is 37.9 Å². The van der Waals surface area contributed by atoms with Crippen LogP contribution in [0.5, 0.6) is 0 Å². The number of nitrogens with zero attached hydrogens (tertiary/aromatic N) is 4. The van der Waals surface area contributed by atoms with E-state index in [0.29, 0.717) is 11.6 Å². The summed E-state index contributed by atoms with van der Waals surface area (Å²) in [6.07, 6.45) is 0. The Labute approximate surface area is 101 Å². The van der Waals surface area contributed by atoms with Gasteiger partial charge in [0.2, 0.25) is 0 Å². The lowest BCUT2D eigenvalue weighted by molar-refractivity contribution is 0.804.